The van der Waals surface area contributed by atoms with Crippen molar-refractivity contribution in [2.24, 2.45) is 0 Å². The van der Waals surface area contributed by atoms with Crippen LogP contribution in [0.25, 0.3) is 0 Å². The van der Waals surface area contributed by atoms with E-state index in [0.29, 0.717) is 44.2 Å². The summed E-state index contributed by atoms with van der Waals surface area (Å²) in [6.07, 6.45) is 0.0212. The number of nitrogens with two attached hydrogens (primary N) is 1. The highest BCUT2D eigenvalue weighted by Gasteiger charge is 2.15. The fourth-order valence-corrected chi connectivity index (χ4v) is 1.94. The summed E-state index contributed by atoms with van der Waals surface area (Å²) >= 11 is 0. The minimum absolute atomic E-state index is 0.0212. The molecule has 0 aromatic heterocycles. The first-order chi connectivity index (χ1) is 9.70. The summed E-state index contributed by atoms with van der Waals surface area (Å²) in [6.45, 7) is 4.56. The third-order valence-electron chi connectivity index (χ3n) is 2.97. The van der Waals surface area contributed by atoms with E-state index in [2.05, 4.69) is 5.32 Å². The van der Waals surface area contributed by atoms with Crippen LogP contribution in [0.15, 0.2) is 18.2 Å². The number of carbonyl (C=O) groups excluding carboxylic acids is 1. The van der Waals surface area contributed by atoms with Crippen molar-refractivity contribution in [2.75, 3.05) is 44.0 Å². The van der Waals surface area contributed by atoms with Gasteiger partial charge in [-0.1, -0.05) is 0 Å². The molecule has 1 unspecified atom stereocenters. The Morgan fingerprint density at radius 2 is 2.35 bits per heavy atom. The molecule has 1 aliphatic rings. The van der Waals surface area contributed by atoms with Crippen LogP contribution in [0.2, 0.25) is 0 Å². The molecular formula is C14H20N2O4. The summed E-state index contributed by atoms with van der Waals surface area (Å²) in [5, 5.41) is 3.20. The zero-order valence-electron chi connectivity index (χ0n) is 11.6. The lowest BCUT2D eigenvalue weighted by molar-refractivity contribution is -0.0818. The van der Waals surface area contributed by atoms with Crippen molar-refractivity contribution in [2.45, 2.75) is 13.0 Å². The fourth-order valence-electron chi connectivity index (χ4n) is 1.94. The minimum Gasteiger partial charge on any atom is -0.462 e. The SMILES string of the molecule is CCOC(=O)c1ccc(NCC2COCCO2)c(N)c1. The second-order valence-electron chi connectivity index (χ2n) is 4.47. The Morgan fingerprint density at radius 1 is 1.50 bits per heavy atom. The monoisotopic (exact) mass is 280 g/mol. The Labute approximate surface area is 118 Å². The lowest BCUT2D eigenvalue weighted by Crippen LogP contribution is -2.34. The third-order valence-corrected chi connectivity index (χ3v) is 2.97. The summed E-state index contributed by atoms with van der Waals surface area (Å²) in [6, 6.07) is 5.07. The van der Waals surface area contributed by atoms with Crippen LogP contribution >= 0.6 is 0 Å². The molecule has 6 nitrogen and oxygen atoms in total. The number of nitrogen functional groups attached to an aromatic ring is 1. The molecule has 0 spiro atoms. The molecule has 1 atom stereocenters. The Morgan fingerprint density at radius 3 is 3.00 bits per heavy atom. The molecule has 0 aliphatic carbocycles. The maximum absolute atomic E-state index is 11.6. The predicted molar refractivity (Wildman–Crippen MR) is 75.9 cm³/mol. The molecular weight excluding hydrogens is 260 g/mol. The molecule has 20 heavy (non-hydrogen) atoms. The molecule has 0 radical (unpaired) electrons. The van der Waals surface area contributed by atoms with E-state index in [4.69, 9.17) is 19.9 Å². The molecule has 1 fully saturated rings. The van der Waals surface area contributed by atoms with Crippen molar-refractivity contribution in [1.29, 1.82) is 0 Å². The molecule has 0 amide bonds. The topological polar surface area (TPSA) is 82.8 Å². The molecule has 6 heteroatoms. The van der Waals surface area contributed by atoms with Crippen LogP contribution in [0, 0.1) is 0 Å². The average molecular weight is 280 g/mol. The van der Waals surface area contributed by atoms with Crippen molar-refractivity contribution in [1.82, 2.24) is 0 Å². The lowest BCUT2D eigenvalue weighted by Gasteiger charge is -2.23. The van der Waals surface area contributed by atoms with Gasteiger partial charge in [-0.2, -0.15) is 0 Å². The molecule has 1 saturated heterocycles. The van der Waals surface area contributed by atoms with E-state index in [-0.39, 0.29) is 12.1 Å². The zero-order valence-corrected chi connectivity index (χ0v) is 11.6. The van der Waals surface area contributed by atoms with E-state index in [1.54, 1.807) is 25.1 Å². The van der Waals surface area contributed by atoms with Crippen LogP contribution in [-0.2, 0) is 14.2 Å². The highest BCUT2D eigenvalue weighted by atomic mass is 16.6. The molecule has 1 aliphatic heterocycles. The van der Waals surface area contributed by atoms with Gasteiger partial charge < -0.3 is 25.3 Å². The van der Waals surface area contributed by atoms with Gasteiger partial charge in [0.2, 0.25) is 0 Å². The van der Waals surface area contributed by atoms with Crippen molar-refractivity contribution >= 4 is 17.3 Å². The van der Waals surface area contributed by atoms with Gasteiger partial charge in [0.05, 0.1) is 49.5 Å². The number of esters is 1. The van der Waals surface area contributed by atoms with E-state index in [9.17, 15) is 4.79 Å². The predicted octanol–water partition coefficient (Wildman–Crippen LogP) is 1.27. The maximum Gasteiger partial charge on any atom is 0.338 e. The van der Waals surface area contributed by atoms with E-state index >= 15 is 0 Å². The van der Waals surface area contributed by atoms with Crippen molar-refractivity contribution in [3.63, 3.8) is 0 Å². The first-order valence-electron chi connectivity index (χ1n) is 6.70. The Hall–Kier alpha value is -1.79. The number of rotatable bonds is 5. The highest BCUT2D eigenvalue weighted by molar-refractivity contribution is 5.91. The first kappa shape index (κ1) is 14.6. The molecule has 1 heterocycles. The van der Waals surface area contributed by atoms with Crippen LogP contribution in [0.5, 0.6) is 0 Å². The van der Waals surface area contributed by atoms with Gasteiger partial charge in [0.25, 0.3) is 0 Å². The molecule has 1 aromatic carbocycles. The number of ether oxygens (including phenoxy) is 3. The normalized spacial score (nSPS) is 18.6. The highest BCUT2D eigenvalue weighted by Crippen LogP contribution is 2.20. The summed E-state index contributed by atoms with van der Waals surface area (Å²) in [7, 11) is 0. The smallest absolute Gasteiger partial charge is 0.338 e. The number of carbonyl (C=O) groups is 1. The Bertz CT molecular complexity index is 458. The first-order valence-corrected chi connectivity index (χ1v) is 6.70. The maximum atomic E-state index is 11.6. The van der Waals surface area contributed by atoms with Crippen molar-refractivity contribution < 1.29 is 19.0 Å². The number of anilines is 2. The quantitative estimate of drug-likeness (QED) is 0.624. The van der Waals surface area contributed by atoms with E-state index in [1.807, 2.05) is 0 Å². The van der Waals surface area contributed by atoms with Gasteiger partial charge in [0.15, 0.2) is 0 Å². The van der Waals surface area contributed by atoms with Gasteiger partial charge in [0.1, 0.15) is 0 Å². The number of hydrogen-bond acceptors (Lipinski definition) is 6. The van der Waals surface area contributed by atoms with Crippen LogP contribution in [-0.4, -0.2) is 45.0 Å². The largest absolute Gasteiger partial charge is 0.462 e. The second kappa shape index (κ2) is 7.12. The molecule has 2 rings (SSSR count). The molecule has 0 bridgehead atoms. The van der Waals surface area contributed by atoms with Crippen LogP contribution < -0.4 is 11.1 Å². The summed E-state index contributed by atoms with van der Waals surface area (Å²) < 4.78 is 15.8. The van der Waals surface area contributed by atoms with Crippen molar-refractivity contribution in [3.05, 3.63) is 23.8 Å². The van der Waals surface area contributed by atoms with E-state index in [0.717, 1.165) is 5.69 Å². The second-order valence-corrected chi connectivity index (χ2v) is 4.47. The van der Waals surface area contributed by atoms with Gasteiger partial charge in [-0.25, -0.2) is 4.79 Å². The summed E-state index contributed by atoms with van der Waals surface area (Å²) in [5.74, 6) is -0.366. The molecule has 3 N–H and O–H groups in total. The van der Waals surface area contributed by atoms with Gasteiger partial charge in [0, 0.05) is 6.54 Å². The number of nitrogens with one attached hydrogen (secondary N) is 1. The summed E-state index contributed by atoms with van der Waals surface area (Å²) in [5.41, 5.74) is 7.66. The molecule has 110 valence electrons. The third kappa shape index (κ3) is 3.85. The van der Waals surface area contributed by atoms with Gasteiger partial charge >= 0.3 is 5.97 Å². The molecule has 1 aromatic rings. The van der Waals surface area contributed by atoms with Gasteiger partial charge in [-0.3, -0.25) is 0 Å². The Balaban J connectivity index is 1.93. The van der Waals surface area contributed by atoms with Crippen LogP contribution in [0.4, 0.5) is 11.4 Å². The number of hydrogen-bond donors (Lipinski definition) is 2. The van der Waals surface area contributed by atoms with E-state index < -0.39 is 0 Å². The molecule has 0 saturated carbocycles. The van der Waals surface area contributed by atoms with Crippen LogP contribution in [0.1, 0.15) is 17.3 Å². The van der Waals surface area contributed by atoms with Gasteiger partial charge in [-0.15, -0.1) is 0 Å². The average Bonchev–Trinajstić information content (AvgIpc) is 2.47. The van der Waals surface area contributed by atoms with Crippen LogP contribution in [0.3, 0.4) is 0 Å². The standard InChI is InChI=1S/C14H20N2O4/c1-2-19-14(17)10-3-4-13(12(15)7-10)16-8-11-9-18-5-6-20-11/h3-4,7,11,16H,2,5-6,8-9,15H2,1H3. The summed E-state index contributed by atoms with van der Waals surface area (Å²) in [4.78, 5) is 11.6. The minimum atomic E-state index is -0.366. The zero-order chi connectivity index (χ0) is 14.4. The lowest BCUT2D eigenvalue weighted by atomic mass is 10.1. The van der Waals surface area contributed by atoms with Gasteiger partial charge in [-0.05, 0) is 25.1 Å². The van der Waals surface area contributed by atoms with E-state index in [1.165, 1.54) is 0 Å². The van der Waals surface area contributed by atoms with Crippen molar-refractivity contribution in [3.8, 4) is 0 Å². The Kier molecular flexibility index (Phi) is 5.20. The number of benzene rings is 1. The fraction of sp³-hybridized carbons (Fsp3) is 0.500.